The summed E-state index contributed by atoms with van der Waals surface area (Å²) in [4.78, 5) is 35.4. The lowest BCUT2D eigenvalue weighted by atomic mass is 10.1. The van der Waals surface area contributed by atoms with Crippen molar-refractivity contribution in [3.63, 3.8) is 0 Å². The summed E-state index contributed by atoms with van der Waals surface area (Å²) in [7, 11) is 0. The first-order valence-electron chi connectivity index (χ1n) is 6.70. The van der Waals surface area contributed by atoms with Gasteiger partial charge < -0.3 is 11.1 Å². The highest BCUT2D eigenvalue weighted by atomic mass is 35.5. The number of anilines is 1. The molecule has 4 N–H and O–H groups in total. The van der Waals surface area contributed by atoms with Crippen molar-refractivity contribution < 1.29 is 14.4 Å². The van der Waals surface area contributed by atoms with Crippen LogP contribution in [0.5, 0.6) is 0 Å². The van der Waals surface area contributed by atoms with Gasteiger partial charge in [0.1, 0.15) is 0 Å². The number of hydrogen-bond donors (Lipinski definition) is 3. The third kappa shape index (κ3) is 4.31. The molecule has 0 radical (unpaired) electrons. The third-order valence-electron chi connectivity index (χ3n) is 3.04. The number of amides is 3. The van der Waals surface area contributed by atoms with Crippen LogP contribution in [0.3, 0.4) is 0 Å². The zero-order valence-corrected chi connectivity index (χ0v) is 12.8. The highest BCUT2D eigenvalue weighted by Gasteiger charge is 2.18. The van der Waals surface area contributed by atoms with E-state index in [9.17, 15) is 14.4 Å². The van der Waals surface area contributed by atoms with Gasteiger partial charge in [-0.05, 0) is 23.8 Å². The molecule has 2 rings (SSSR count). The second-order valence-electron chi connectivity index (χ2n) is 4.64. The minimum absolute atomic E-state index is 0.0770. The number of rotatable bonds is 3. The predicted molar refractivity (Wildman–Crippen MR) is 86.6 cm³/mol. The summed E-state index contributed by atoms with van der Waals surface area (Å²) in [6.07, 6.45) is 0. The van der Waals surface area contributed by atoms with Crippen LogP contribution in [0.25, 0.3) is 0 Å². The lowest BCUT2D eigenvalue weighted by Gasteiger charge is -2.08. The fourth-order valence-electron chi connectivity index (χ4n) is 1.83. The Hall–Kier alpha value is -2.86. The van der Waals surface area contributed by atoms with Gasteiger partial charge in [-0.2, -0.15) is 0 Å². The summed E-state index contributed by atoms with van der Waals surface area (Å²) in [5.41, 5.74) is 6.64. The van der Waals surface area contributed by atoms with Crippen LogP contribution >= 0.6 is 11.6 Å². The highest BCUT2D eigenvalue weighted by Crippen LogP contribution is 2.14. The van der Waals surface area contributed by atoms with Gasteiger partial charge in [-0.15, -0.1) is 0 Å². The van der Waals surface area contributed by atoms with Crippen LogP contribution in [0.15, 0.2) is 48.5 Å². The van der Waals surface area contributed by atoms with Gasteiger partial charge in [-0.1, -0.05) is 41.9 Å². The molecule has 6 nitrogen and oxygen atoms in total. The highest BCUT2D eigenvalue weighted by molar-refractivity contribution is 6.38. The van der Waals surface area contributed by atoms with E-state index in [0.717, 1.165) is 0 Å². The van der Waals surface area contributed by atoms with Gasteiger partial charge in [0.25, 0.3) is 5.91 Å². The number of carbonyl (C=O) groups excluding carboxylic acids is 3. The van der Waals surface area contributed by atoms with E-state index < -0.39 is 17.7 Å². The molecule has 0 heterocycles. The predicted octanol–water partition coefficient (Wildman–Crippen LogP) is 1.49. The SMILES string of the molecule is Nc1ccccc1C(=O)NC(=O)C(=O)NCc1ccccc1Cl. The topological polar surface area (TPSA) is 101 Å². The molecule has 0 saturated carbocycles. The minimum atomic E-state index is -1.06. The van der Waals surface area contributed by atoms with Crippen LogP contribution in [-0.2, 0) is 16.1 Å². The van der Waals surface area contributed by atoms with Gasteiger partial charge in [0.2, 0.25) is 0 Å². The normalized spacial score (nSPS) is 9.96. The van der Waals surface area contributed by atoms with Gasteiger partial charge in [-0.3, -0.25) is 19.7 Å². The largest absolute Gasteiger partial charge is 0.398 e. The van der Waals surface area contributed by atoms with Gasteiger partial charge in [0, 0.05) is 17.3 Å². The van der Waals surface area contributed by atoms with E-state index in [1.807, 2.05) is 5.32 Å². The summed E-state index contributed by atoms with van der Waals surface area (Å²) >= 11 is 5.95. The molecule has 0 aromatic heterocycles. The van der Waals surface area contributed by atoms with Crippen molar-refractivity contribution in [3.05, 3.63) is 64.7 Å². The van der Waals surface area contributed by atoms with Crippen LogP contribution < -0.4 is 16.4 Å². The maximum atomic E-state index is 11.9. The first-order chi connectivity index (χ1) is 11.0. The number of nitrogens with two attached hydrogens (primary N) is 1. The Kier molecular flexibility index (Phi) is 5.32. The smallest absolute Gasteiger partial charge is 0.316 e. The Bertz CT molecular complexity index is 762. The lowest BCUT2D eigenvalue weighted by molar-refractivity contribution is -0.138. The van der Waals surface area contributed by atoms with Crippen molar-refractivity contribution in [1.29, 1.82) is 0 Å². The average Bonchev–Trinajstić information content (AvgIpc) is 2.54. The zero-order chi connectivity index (χ0) is 16.8. The maximum absolute atomic E-state index is 11.9. The molecule has 7 heteroatoms. The monoisotopic (exact) mass is 331 g/mol. The number of benzene rings is 2. The van der Waals surface area contributed by atoms with Crippen molar-refractivity contribution in [1.82, 2.24) is 10.6 Å². The molecule has 23 heavy (non-hydrogen) atoms. The Morgan fingerprint density at radius 2 is 1.61 bits per heavy atom. The molecule has 0 aliphatic carbocycles. The molecule has 0 unspecified atom stereocenters. The van der Waals surface area contributed by atoms with Crippen molar-refractivity contribution in [2.24, 2.45) is 0 Å². The second-order valence-corrected chi connectivity index (χ2v) is 5.05. The van der Waals surface area contributed by atoms with Crippen LogP contribution in [0.1, 0.15) is 15.9 Å². The van der Waals surface area contributed by atoms with Gasteiger partial charge >= 0.3 is 11.8 Å². The van der Waals surface area contributed by atoms with Crippen molar-refractivity contribution in [2.45, 2.75) is 6.54 Å². The van der Waals surface area contributed by atoms with Gasteiger partial charge in [0.15, 0.2) is 0 Å². The number of imide groups is 1. The first kappa shape index (κ1) is 16.5. The molecular weight excluding hydrogens is 318 g/mol. The second kappa shape index (κ2) is 7.42. The fraction of sp³-hybridized carbons (Fsp3) is 0.0625. The number of halogens is 1. The summed E-state index contributed by atoms with van der Waals surface area (Å²) in [6, 6.07) is 13.1. The Morgan fingerprint density at radius 3 is 2.30 bits per heavy atom. The minimum Gasteiger partial charge on any atom is -0.398 e. The third-order valence-corrected chi connectivity index (χ3v) is 3.40. The quantitative estimate of drug-likeness (QED) is 0.586. The van der Waals surface area contributed by atoms with Gasteiger partial charge in [0.05, 0.1) is 5.56 Å². The molecule has 2 aromatic carbocycles. The molecule has 118 valence electrons. The fourth-order valence-corrected chi connectivity index (χ4v) is 2.03. The lowest BCUT2D eigenvalue weighted by Crippen LogP contribution is -2.42. The average molecular weight is 332 g/mol. The summed E-state index contributed by atoms with van der Waals surface area (Å²) in [5, 5.41) is 4.85. The maximum Gasteiger partial charge on any atom is 0.316 e. The summed E-state index contributed by atoms with van der Waals surface area (Å²) in [5.74, 6) is -2.74. The Labute approximate surface area is 137 Å². The number of carbonyl (C=O) groups is 3. The van der Waals surface area contributed by atoms with E-state index in [0.29, 0.717) is 10.6 Å². The number of nitrogens with one attached hydrogen (secondary N) is 2. The summed E-state index contributed by atoms with van der Waals surface area (Å²) < 4.78 is 0. The molecule has 0 saturated heterocycles. The Morgan fingerprint density at radius 1 is 0.957 bits per heavy atom. The summed E-state index contributed by atoms with van der Waals surface area (Å²) in [6.45, 7) is 0.0770. The molecule has 0 atom stereocenters. The molecular formula is C16H14ClN3O3. The Balaban J connectivity index is 1.93. The van der Waals surface area contributed by atoms with E-state index in [1.54, 1.807) is 36.4 Å². The molecule has 0 spiro atoms. The van der Waals surface area contributed by atoms with Gasteiger partial charge in [-0.25, -0.2) is 0 Å². The molecule has 3 amide bonds. The molecule has 0 aliphatic heterocycles. The van der Waals surface area contributed by atoms with Crippen molar-refractivity contribution >= 4 is 35.0 Å². The number of para-hydroxylation sites is 1. The van der Waals surface area contributed by atoms with Crippen molar-refractivity contribution in [2.75, 3.05) is 5.73 Å². The molecule has 0 bridgehead atoms. The van der Waals surface area contributed by atoms with Crippen LogP contribution in [0.2, 0.25) is 5.02 Å². The van der Waals surface area contributed by atoms with Crippen LogP contribution in [0, 0.1) is 0 Å². The van der Waals surface area contributed by atoms with Crippen LogP contribution in [0.4, 0.5) is 5.69 Å². The van der Waals surface area contributed by atoms with E-state index >= 15 is 0 Å². The van der Waals surface area contributed by atoms with E-state index in [4.69, 9.17) is 17.3 Å². The van der Waals surface area contributed by atoms with E-state index in [2.05, 4.69) is 5.32 Å². The standard InChI is InChI=1S/C16H14ClN3O3/c17-12-7-3-1-5-10(12)9-19-15(22)16(23)20-14(21)11-6-2-4-8-13(11)18/h1-8H,9,18H2,(H,19,22)(H,20,21,23). The molecule has 2 aromatic rings. The molecule has 0 fully saturated rings. The zero-order valence-electron chi connectivity index (χ0n) is 12.0. The first-order valence-corrected chi connectivity index (χ1v) is 7.08. The van der Waals surface area contributed by atoms with Crippen LogP contribution in [-0.4, -0.2) is 17.7 Å². The van der Waals surface area contributed by atoms with E-state index in [-0.39, 0.29) is 17.8 Å². The number of nitrogen functional groups attached to an aromatic ring is 1. The van der Waals surface area contributed by atoms with E-state index in [1.165, 1.54) is 12.1 Å². The molecule has 0 aliphatic rings. The van der Waals surface area contributed by atoms with Crippen molar-refractivity contribution in [3.8, 4) is 0 Å². The number of hydrogen-bond acceptors (Lipinski definition) is 4.